The molecule has 1 unspecified atom stereocenters. The maximum Gasteiger partial charge on any atom is 0.340 e. The summed E-state index contributed by atoms with van der Waals surface area (Å²) < 4.78 is 7.35. The van der Waals surface area contributed by atoms with E-state index >= 15 is 0 Å². The van der Waals surface area contributed by atoms with E-state index in [4.69, 9.17) is 4.74 Å². The van der Waals surface area contributed by atoms with Crippen LogP contribution >= 0.6 is 0 Å². The fourth-order valence-corrected chi connectivity index (χ4v) is 4.41. The summed E-state index contributed by atoms with van der Waals surface area (Å²) in [5.41, 5.74) is 3.01. The number of pyridine rings is 1. The van der Waals surface area contributed by atoms with Gasteiger partial charge in [0, 0.05) is 35.1 Å². The van der Waals surface area contributed by atoms with Crippen LogP contribution in [0.25, 0.3) is 22.2 Å². The lowest BCUT2D eigenvalue weighted by molar-refractivity contribution is 0.0527. The highest BCUT2D eigenvalue weighted by molar-refractivity contribution is 6.06. The average molecular weight is 366 g/mol. The molecular formula is C21H26N4O2. The summed E-state index contributed by atoms with van der Waals surface area (Å²) >= 11 is 0. The molecule has 4 rings (SSSR count). The van der Waals surface area contributed by atoms with Crippen LogP contribution in [0, 0.1) is 5.92 Å². The number of carbonyl (C=O) groups excluding carboxylic acids is 1. The molecule has 1 N–H and O–H groups in total. The summed E-state index contributed by atoms with van der Waals surface area (Å²) in [6.07, 6.45) is 13.6. The number of hydrogen-bond donors (Lipinski definition) is 1. The van der Waals surface area contributed by atoms with Gasteiger partial charge < -0.3 is 9.72 Å². The molecule has 3 heterocycles. The molecule has 27 heavy (non-hydrogen) atoms. The molecule has 1 aliphatic rings. The van der Waals surface area contributed by atoms with Crippen molar-refractivity contribution in [2.75, 3.05) is 6.61 Å². The van der Waals surface area contributed by atoms with Gasteiger partial charge in [0.1, 0.15) is 5.65 Å². The third-order valence-corrected chi connectivity index (χ3v) is 5.67. The van der Waals surface area contributed by atoms with Gasteiger partial charge in [-0.05, 0) is 38.2 Å². The number of hydrogen-bond acceptors (Lipinski definition) is 4. The molecule has 0 spiro atoms. The van der Waals surface area contributed by atoms with Crippen molar-refractivity contribution in [3.63, 3.8) is 0 Å². The zero-order valence-corrected chi connectivity index (χ0v) is 15.9. The van der Waals surface area contributed by atoms with Crippen LogP contribution in [0.1, 0.15) is 62.4 Å². The lowest BCUT2D eigenvalue weighted by Gasteiger charge is -2.22. The smallest absolute Gasteiger partial charge is 0.340 e. The highest BCUT2D eigenvalue weighted by atomic mass is 16.5. The van der Waals surface area contributed by atoms with Crippen LogP contribution in [0.2, 0.25) is 0 Å². The summed E-state index contributed by atoms with van der Waals surface area (Å²) in [6.45, 7) is 4.37. The van der Waals surface area contributed by atoms with E-state index < -0.39 is 0 Å². The molecule has 3 aromatic heterocycles. The van der Waals surface area contributed by atoms with E-state index in [1.54, 1.807) is 6.20 Å². The quantitative estimate of drug-likeness (QED) is 0.639. The second-order valence-electron chi connectivity index (χ2n) is 7.24. The van der Waals surface area contributed by atoms with Gasteiger partial charge in [-0.3, -0.25) is 4.68 Å². The van der Waals surface area contributed by atoms with E-state index in [0.29, 0.717) is 24.1 Å². The molecule has 1 saturated carbocycles. The molecule has 0 bridgehead atoms. The molecule has 6 nitrogen and oxygen atoms in total. The van der Waals surface area contributed by atoms with E-state index in [2.05, 4.69) is 32.9 Å². The standard InChI is InChI=1S/C21H26N4O2/c1-3-18(14-7-5-6-8-14)25-13-15(11-24-25)19-16-9-10-22-20(16)23-12-17(19)21(26)27-4-2/h9-14,18H,3-8H2,1-2H3,(H,22,23). The number of H-pyrrole nitrogens is 1. The topological polar surface area (TPSA) is 72.8 Å². The summed E-state index contributed by atoms with van der Waals surface area (Å²) in [6, 6.07) is 2.36. The Balaban J connectivity index is 1.78. The summed E-state index contributed by atoms with van der Waals surface area (Å²) in [5, 5.41) is 5.59. The molecule has 0 aromatic carbocycles. The lowest BCUT2D eigenvalue weighted by atomic mass is 9.96. The van der Waals surface area contributed by atoms with Crippen LogP contribution in [-0.2, 0) is 4.74 Å². The normalized spacial score (nSPS) is 16.1. The monoisotopic (exact) mass is 366 g/mol. The van der Waals surface area contributed by atoms with Crippen LogP contribution < -0.4 is 0 Å². The average Bonchev–Trinajstić information content (AvgIpc) is 3.43. The minimum Gasteiger partial charge on any atom is -0.462 e. The fraction of sp³-hybridized carbons (Fsp3) is 0.476. The Labute approximate surface area is 158 Å². The zero-order chi connectivity index (χ0) is 18.8. The number of fused-ring (bicyclic) bond motifs is 1. The van der Waals surface area contributed by atoms with Crippen molar-refractivity contribution in [1.82, 2.24) is 19.7 Å². The van der Waals surface area contributed by atoms with E-state index in [-0.39, 0.29) is 5.97 Å². The van der Waals surface area contributed by atoms with Crippen LogP contribution in [0.4, 0.5) is 0 Å². The second-order valence-corrected chi connectivity index (χ2v) is 7.24. The van der Waals surface area contributed by atoms with Crippen molar-refractivity contribution < 1.29 is 9.53 Å². The second kappa shape index (κ2) is 7.55. The maximum absolute atomic E-state index is 12.5. The van der Waals surface area contributed by atoms with Crippen molar-refractivity contribution in [1.29, 1.82) is 0 Å². The number of nitrogens with zero attached hydrogens (tertiary/aromatic N) is 3. The minimum absolute atomic E-state index is 0.336. The van der Waals surface area contributed by atoms with Gasteiger partial charge in [0.15, 0.2) is 0 Å². The van der Waals surface area contributed by atoms with Crippen LogP contribution in [0.5, 0.6) is 0 Å². The summed E-state index contributed by atoms with van der Waals surface area (Å²) in [5.74, 6) is 0.343. The Morgan fingerprint density at radius 1 is 1.33 bits per heavy atom. The van der Waals surface area contributed by atoms with Gasteiger partial charge in [-0.25, -0.2) is 9.78 Å². The Morgan fingerprint density at radius 2 is 2.15 bits per heavy atom. The number of carbonyl (C=O) groups is 1. The summed E-state index contributed by atoms with van der Waals surface area (Å²) in [4.78, 5) is 20.0. The predicted octanol–water partition coefficient (Wildman–Crippen LogP) is 4.74. The van der Waals surface area contributed by atoms with E-state index in [0.717, 1.165) is 28.6 Å². The molecule has 0 saturated heterocycles. The van der Waals surface area contributed by atoms with Crippen LogP contribution in [0.15, 0.2) is 30.9 Å². The largest absolute Gasteiger partial charge is 0.462 e. The van der Waals surface area contributed by atoms with Gasteiger partial charge in [-0.15, -0.1) is 0 Å². The Bertz CT molecular complexity index is 937. The number of aromatic nitrogens is 4. The first-order valence-electron chi connectivity index (χ1n) is 9.90. The third-order valence-electron chi connectivity index (χ3n) is 5.67. The number of aromatic amines is 1. The molecule has 142 valence electrons. The van der Waals surface area contributed by atoms with E-state index in [1.165, 1.54) is 25.7 Å². The molecule has 0 amide bonds. The van der Waals surface area contributed by atoms with Gasteiger partial charge in [0.2, 0.25) is 0 Å². The maximum atomic E-state index is 12.5. The van der Waals surface area contributed by atoms with Crippen molar-refractivity contribution in [3.05, 3.63) is 36.4 Å². The van der Waals surface area contributed by atoms with Crippen molar-refractivity contribution in [3.8, 4) is 11.1 Å². The Kier molecular flexibility index (Phi) is 4.97. The summed E-state index contributed by atoms with van der Waals surface area (Å²) in [7, 11) is 0. The van der Waals surface area contributed by atoms with Crippen molar-refractivity contribution in [2.24, 2.45) is 5.92 Å². The first kappa shape index (κ1) is 17.8. The Morgan fingerprint density at radius 3 is 2.89 bits per heavy atom. The van der Waals surface area contributed by atoms with Crippen LogP contribution in [0.3, 0.4) is 0 Å². The molecule has 0 radical (unpaired) electrons. The minimum atomic E-state index is -0.348. The lowest BCUT2D eigenvalue weighted by Crippen LogP contribution is -2.17. The van der Waals surface area contributed by atoms with Gasteiger partial charge in [-0.1, -0.05) is 19.8 Å². The molecule has 1 atom stereocenters. The van der Waals surface area contributed by atoms with Gasteiger partial charge >= 0.3 is 5.97 Å². The molecular weight excluding hydrogens is 340 g/mol. The number of rotatable bonds is 6. The van der Waals surface area contributed by atoms with Gasteiger partial charge in [0.05, 0.1) is 24.4 Å². The van der Waals surface area contributed by atoms with E-state index in [1.807, 2.05) is 25.4 Å². The third kappa shape index (κ3) is 3.24. The molecule has 1 fully saturated rings. The van der Waals surface area contributed by atoms with E-state index in [9.17, 15) is 4.79 Å². The molecule has 3 aromatic rings. The zero-order valence-electron chi connectivity index (χ0n) is 15.9. The SMILES string of the molecule is CCOC(=O)c1cnc2[nH]ccc2c1-c1cnn(C(CC)C2CCCC2)c1. The van der Waals surface area contributed by atoms with Gasteiger partial charge in [0.25, 0.3) is 0 Å². The number of ether oxygens (including phenoxy) is 1. The Hall–Kier alpha value is -2.63. The van der Waals surface area contributed by atoms with Crippen LogP contribution in [-0.4, -0.2) is 32.3 Å². The molecule has 0 aliphatic heterocycles. The molecule has 1 aliphatic carbocycles. The first-order valence-corrected chi connectivity index (χ1v) is 9.90. The number of nitrogens with one attached hydrogen (secondary N) is 1. The van der Waals surface area contributed by atoms with Crippen molar-refractivity contribution in [2.45, 2.75) is 52.0 Å². The fourth-order valence-electron chi connectivity index (χ4n) is 4.41. The number of esters is 1. The predicted molar refractivity (Wildman–Crippen MR) is 105 cm³/mol. The highest BCUT2D eigenvalue weighted by Gasteiger charge is 2.26. The van der Waals surface area contributed by atoms with Gasteiger partial charge in [-0.2, -0.15) is 5.10 Å². The van der Waals surface area contributed by atoms with Crippen molar-refractivity contribution >= 4 is 17.0 Å². The highest BCUT2D eigenvalue weighted by Crippen LogP contribution is 2.37. The first-order chi connectivity index (χ1) is 13.2. The molecule has 6 heteroatoms.